The van der Waals surface area contributed by atoms with Crippen LogP contribution in [0.4, 0.5) is 0 Å². The van der Waals surface area contributed by atoms with Crippen LogP contribution in [0.15, 0.2) is 53.8 Å². The van der Waals surface area contributed by atoms with Crippen LogP contribution in [0, 0.1) is 5.92 Å². The Hall–Kier alpha value is -2.80. The molecule has 2 aliphatic rings. The summed E-state index contributed by atoms with van der Waals surface area (Å²) in [7, 11) is 1.59. The molecule has 0 spiro atoms. The van der Waals surface area contributed by atoms with Gasteiger partial charge in [0.05, 0.1) is 13.0 Å². The van der Waals surface area contributed by atoms with Crippen LogP contribution in [0.1, 0.15) is 28.9 Å². The molecule has 2 heterocycles. The van der Waals surface area contributed by atoms with Crippen LogP contribution < -0.4 is 9.47 Å². The number of carbonyl (C=O) groups excluding carboxylic acids is 2. The van der Waals surface area contributed by atoms with Gasteiger partial charge in [0.1, 0.15) is 34.8 Å². The molecule has 146 valence electrons. The Morgan fingerprint density at radius 1 is 1.14 bits per heavy atom. The number of Topliss-reactive ketones (excluding diaryl/α,β-unsaturated/α-hetero) is 1. The van der Waals surface area contributed by atoms with E-state index >= 15 is 0 Å². The minimum absolute atomic E-state index is 0.0740. The number of methoxy groups -OCH3 is 1. The molecule has 0 amide bonds. The summed E-state index contributed by atoms with van der Waals surface area (Å²) >= 11 is 1.35. The smallest absolute Gasteiger partial charge is 0.348 e. The first-order chi connectivity index (χ1) is 13.6. The fourth-order valence-electron chi connectivity index (χ4n) is 3.49. The third-order valence-electron chi connectivity index (χ3n) is 4.96. The van der Waals surface area contributed by atoms with E-state index in [1.54, 1.807) is 37.4 Å². The van der Waals surface area contributed by atoms with Gasteiger partial charge in [-0.1, -0.05) is 6.07 Å². The second-order valence-electron chi connectivity index (χ2n) is 6.72. The predicted octanol–water partition coefficient (Wildman–Crippen LogP) is 3.97. The molecule has 0 N–H and O–H groups in total. The Balaban J connectivity index is 1.37. The first-order valence-electron chi connectivity index (χ1n) is 9.10. The van der Waals surface area contributed by atoms with Crippen LogP contribution >= 0.6 is 11.3 Å². The van der Waals surface area contributed by atoms with Gasteiger partial charge in [0, 0.05) is 6.42 Å². The van der Waals surface area contributed by atoms with E-state index in [1.807, 2.05) is 11.4 Å². The number of ether oxygens (including phenoxy) is 4. The van der Waals surface area contributed by atoms with Crippen LogP contribution in [-0.4, -0.2) is 31.1 Å². The summed E-state index contributed by atoms with van der Waals surface area (Å²) in [4.78, 5) is 25.5. The maximum atomic E-state index is 12.8. The van der Waals surface area contributed by atoms with E-state index in [2.05, 4.69) is 0 Å². The summed E-state index contributed by atoms with van der Waals surface area (Å²) in [6.07, 6.45) is 2.54. The van der Waals surface area contributed by atoms with Gasteiger partial charge < -0.3 is 18.9 Å². The van der Waals surface area contributed by atoms with Crippen molar-refractivity contribution < 1.29 is 28.5 Å². The molecule has 1 aromatic heterocycles. The molecule has 0 saturated heterocycles. The van der Waals surface area contributed by atoms with Gasteiger partial charge in [-0.25, -0.2) is 4.79 Å². The number of esters is 1. The number of ketones is 1. The quantitative estimate of drug-likeness (QED) is 0.708. The molecule has 7 heteroatoms. The third kappa shape index (κ3) is 3.89. The molecule has 1 saturated carbocycles. The molecule has 3 unspecified atom stereocenters. The van der Waals surface area contributed by atoms with Gasteiger partial charge in [0.15, 0.2) is 0 Å². The van der Waals surface area contributed by atoms with E-state index < -0.39 is 0 Å². The summed E-state index contributed by atoms with van der Waals surface area (Å²) in [5, 5.41) is 1.84. The molecule has 1 aliphatic carbocycles. The number of allylic oxidation sites excluding steroid dienone is 1. The van der Waals surface area contributed by atoms with Crippen molar-refractivity contribution in [1.29, 1.82) is 0 Å². The summed E-state index contributed by atoms with van der Waals surface area (Å²) in [6, 6.07) is 10.6. The molecule has 0 bridgehead atoms. The summed E-state index contributed by atoms with van der Waals surface area (Å²) in [6.45, 7) is 0. The maximum Gasteiger partial charge on any atom is 0.348 e. The number of thiophene rings is 1. The highest BCUT2D eigenvalue weighted by Gasteiger charge is 2.42. The summed E-state index contributed by atoms with van der Waals surface area (Å²) < 4.78 is 22.2. The summed E-state index contributed by atoms with van der Waals surface area (Å²) in [5.74, 6) is 0.772. The molecule has 1 aromatic carbocycles. The highest BCUT2D eigenvalue weighted by atomic mass is 32.1. The largest absolute Gasteiger partial charge is 0.497 e. The van der Waals surface area contributed by atoms with Gasteiger partial charge in [0.2, 0.25) is 11.5 Å². The van der Waals surface area contributed by atoms with Crippen LogP contribution in [0.25, 0.3) is 0 Å². The lowest BCUT2D eigenvalue weighted by atomic mass is 9.80. The zero-order valence-electron chi connectivity index (χ0n) is 15.3. The molecule has 6 nitrogen and oxygen atoms in total. The molecular formula is C21H20O6S. The maximum absolute atomic E-state index is 12.8. The third-order valence-corrected chi connectivity index (χ3v) is 5.81. The van der Waals surface area contributed by atoms with Crippen molar-refractivity contribution in [2.75, 3.05) is 7.11 Å². The van der Waals surface area contributed by atoms with Gasteiger partial charge in [0.25, 0.3) is 0 Å². The normalized spacial score (nSPS) is 23.8. The highest BCUT2D eigenvalue weighted by molar-refractivity contribution is 7.11. The Bertz CT molecular complexity index is 871. The van der Waals surface area contributed by atoms with E-state index in [-0.39, 0.29) is 35.6 Å². The van der Waals surface area contributed by atoms with Gasteiger partial charge in [-0.3, -0.25) is 4.79 Å². The minimum atomic E-state index is -0.320. The fraction of sp³-hybridized carbons (Fsp3) is 0.333. The molecule has 1 aliphatic heterocycles. The zero-order valence-corrected chi connectivity index (χ0v) is 16.1. The van der Waals surface area contributed by atoms with E-state index in [1.165, 1.54) is 17.6 Å². The van der Waals surface area contributed by atoms with E-state index in [4.69, 9.17) is 18.9 Å². The number of hydrogen-bond acceptors (Lipinski definition) is 7. The average molecular weight is 400 g/mol. The van der Waals surface area contributed by atoms with E-state index in [0.717, 1.165) is 0 Å². The van der Waals surface area contributed by atoms with Crippen molar-refractivity contribution >= 4 is 23.1 Å². The van der Waals surface area contributed by atoms with Crippen LogP contribution in [0.3, 0.4) is 0 Å². The van der Waals surface area contributed by atoms with Crippen molar-refractivity contribution in [1.82, 2.24) is 0 Å². The Kier molecular flexibility index (Phi) is 5.34. The first kappa shape index (κ1) is 18.6. The number of fused-ring (bicyclic) bond motifs is 1. The lowest BCUT2D eigenvalue weighted by Crippen LogP contribution is -2.43. The number of carbonyl (C=O) groups is 2. The van der Waals surface area contributed by atoms with Gasteiger partial charge >= 0.3 is 5.97 Å². The molecule has 2 aromatic rings. The van der Waals surface area contributed by atoms with Gasteiger partial charge in [-0.05, 0) is 48.6 Å². The second kappa shape index (κ2) is 8.06. The average Bonchev–Trinajstić information content (AvgIpc) is 3.26. The molecule has 1 fully saturated rings. The number of hydrogen-bond donors (Lipinski definition) is 0. The SMILES string of the molecule is COc1ccc(OC2=COC3CC(OC(=O)c4cccs4)CCC3C2=O)cc1. The lowest BCUT2D eigenvalue weighted by molar-refractivity contribution is -0.132. The van der Waals surface area contributed by atoms with Crippen molar-refractivity contribution in [3.05, 3.63) is 58.7 Å². The van der Waals surface area contributed by atoms with E-state index in [9.17, 15) is 9.59 Å². The summed E-state index contributed by atoms with van der Waals surface area (Å²) in [5.41, 5.74) is 0. The van der Waals surface area contributed by atoms with Crippen LogP contribution in [0.2, 0.25) is 0 Å². The van der Waals surface area contributed by atoms with Crippen LogP contribution in [-0.2, 0) is 14.3 Å². The van der Waals surface area contributed by atoms with Gasteiger partial charge in [-0.15, -0.1) is 11.3 Å². The molecular weight excluding hydrogens is 380 g/mol. The molecule has 28 heavy (non-hydrogen) atoms. The van der Waals surface area contributed by atoms with Crippen molar-refractivity contribution in [3.63, 3.8) is 0 Å². The monoisotopic (exact) mass is 400 g/mol. The predicted molar refractivity (Wildman–Crippen MR) is 102 cm³/mol. The molecule has 4 rings (SSSR count). The fourth-order valence-corrected chi connectivity index (χ4v) is 4.09. The topological polar surface area (TPSA) is 71.1 Å². The Morgan fingerprint density at radius 2 is 1.93 bits per heavy atom. The number of benzene rings is 1. The van der Waals surface area contributed by atoms with Crippen molar-refractivity contribution in [2.24, 2.45) is 5.92 Å². The molecule has 3 atom stereocenters. The Morgan fingerprint density at radius 3 is 2.64 bits per heavy atom. The Labute approximate surface area is 166 Å². The van der Waals surface area contributed by atoms with Crippen LogP contribution in [0.5, 0.6) is 11.5 Å². The standard InChI is InChI=1S/C21H20O6S/c1-24-13-4-6-14(7-5-13)26-18-12-25-17-11-15(8-9-16(17)20(18)22)27-21(23)19-3-2-10-28-19/h2-7,10,12,15-17H,8-9,11H2,1H3. The lowest BCUT2D eigenvalue weighted by Gasteiger charge is -2.36. The molecule has 0 radical (unpaired) electrons. The highest BCUT2D eigenvalue weighted by Crippen LogP contribution is 2.35. The minimum Gasteiger partial charge on any atom is -0.497 e. The first-order valence-corrected chi connectivity index (χ1v) is 9.98. The van der Waals surface area contributed by atoms with Gasteiger partial charge in [-0.2, -0.15) is 0 Å². The zero-order chi connectivity index (χ0) is 19.5. The number of rotatable bonds is 5. The van der Waals surface area contributed by atoms with Crippen molar-refractivity contribution in [3.8, 4) is 11.5 Å². The van der Waals surface area contributed by atoms with Crippen molar-refractivity contribution in [2.45, 2.75) is 31.5 Å². The second-order valence-corrected chi connectivity index (χ2v) is 7.67. The van der Waals surface area contributed by atoms with E-state index in [0.29, 0.717) is 35.6 Å².